The molecule has 1 spiro atoms. The maximum atomic E-state index is 12.2. The number of carbonyl (C=O) groups excluding carboxylic acids is 1. The molecule has 2 N–H and O–H groups in total. The van der Waals surface area contributed by atoms with E-state index in [0.29, 0.717) is 12.0 Å². The second-order valence-corrected chi connectivity index (χ2v) is 7.14. The molecular weight excluding hydrogens is 260 g/mol. The van der Waals surface area contributed by atoms with Crippen LogP contribution in [-0.2, 0) is 14.3 Å². The summed E-state index contributed by atoms with van der Waals surface area (Å²) in [5.41, 5.74) is -1.63. The van der Waals surface area contributed by atoms with E-state index in [1.165, 1.54) is 0 Å². The van der Waals surface area contributed by atoms with Gasteiger partial charge in [-0.2, -0.15) is 0 Å². The smallest absolute Gasteiger partial charge is 0.196 e. The Labute approximate surface area is 117 Å². The van der Waals surface area contributed by atoms with Crippen molar-refractivity contribution in [3.8, 4) is 0 Å². The number of hydrogen-bond acceptors (Lipinski definition) is 5. The van der Waals surface area contributed by atoms with Crippen molar-refractivity contribution in [3.05, 3.63) is 11.6 Å². The molecule has 1 saturated carbocycles. The molecule has 0 aromatic carbocycles. The predicted octanol–water partition coefficient (Wildman–Crippen LogP) is 0.539. The Morgan fingerprint density at radius 2 is 2.15 bits per heavy atom. The van der Waals surface area contributed by atoms with Crippen molar-refractivity contribution >= 4 is 5.78 Å². The van der Waals surface area contributed by atoms with Gasteiger partial charge in [0.1, 0.15) is 5.60 Å². The quantitative estimate of drug-likeness (QED) is 0.733. The Morgan fingerprint density at radius 1 is 1.45 bits per heavy atom. The van der Waals surface area contributed by atoms with Gasteiger partial charge in [-0.1, -0.05) is 13.8 Å². The molecule has 110 valence electrons. The molecule has 0 radical (unpaired) electrons. The fourth-order valence-corrected chi connectivity index (χ4v) is 5.16. The SMILES string of the molecule is CC1=C[C@]23O[C@@H]4C[C@@H](O)[C@@](C)([C@@]2(C)CC1=O)[C@]4(CO)O3. The lowest BCUT2D eigenvalue weighted by Gasteiger charge is -2.53. The number of carbonyl (C=O) groups is 1. The zero-order valence-electron chi connectivity index (χ0n) is 12.0. The minimum Gasteiger partial charge on any atom is -0.393 e. The molecule has 4 rings (SSSR count). The molecule has 2 aliphatic carbocycles. The highest BCUT2D eigenvalue weighted by atomic mass is 16.8. The monoisotopic (exact) mass is 280 g/mol. The molecule has 5 heteroatoms. The first kappa shape index (κ1) is 13.0. The first-order valence-electron chi connectivity index (χ1n) is 7.16. The molecule has 2 saturated heterocycles. The van der Waals surface area contributed by atoms with E-state index >= 15 is 0 Å². The van der Waals surface area contributed by atoms with Crippen molar-refractivity contribution in [1.29, 1.82) is 0 Å². The number of rotatable bonds is 1. The Kier molecular flexibility index (Phi) is 2.07. The van der Waals surface area contributed by atoms with Crippen LogP contribution in [0.2, 0.25) is 0 Å². The Bertz CT molecular complexity index is 556. The lowest BCUT2D eigenvalue weighted by molar-refractivity contribution is -0.203. The lowest BCUT2D eigenvalue weighted by Crippen LogP contribution is -2.63. The minimum atomic E-state index is -0.995. The minimum absolute atomic E-state index is 0.0582. The summed E-state index contributed by atoms with van der Waals surface area (Å²) >= 11 is 0. The summed E-state index contributed by atoms with van der Waals surface area (Å²) in [6.45, 7) is 5.43. The zero-order chi connectivity index (χ0) is 14.6. The largest absolute Gasteiger partial charge is 0.393 e. The van der Waals surface area contributed by atoms with Crippen LogP contribution in [0.4, 0.5) is 0 Å². The van der Waals surface area contributed by atoms with E-state index in [1.54, 1.807) is 13.0 Å². The number of aliphatic hydroxyl groups is 2. The summed E-state index contributed by atoms with van der Waals surface area (Å²) in [6.07, 6.45) is 1.51. The number of Topliss-reactive ketones (excluding diaryl/α,β-unsaturated/α-hetero) is 1. The van der Waals surface area contributed by atoms with E-state index < -0.39 is 28.3 Å². The van der Waals surface area contributed by atoms with Gasteiger partial charge < -0.3 is 19.7 Å². The maximum absolute atomic E-state index is 12.2. The summed E-state index contributed by atoms with van der Waals surface area (Å²) < 4.78 is 12.3. The van der Waals surface area contributed by atoms with Gasteiger partial charge in [-0.25, -0.2) is 0 Å². The summed E-state index contributed by atoms with van der Waals surface area (Å²) in [6, 6.07) is 0. The maximum Gasteiger partial charge on any atom is 0.196 e. The van der Waals surface area contributed by atoms with Crippen molar-refractivity contribution in [2.24, 2.45) is 10.8 Å². The van der Waals surface area contributed by atoms with Gasteiger partial charge in [0, 0.05) is 23.7 Å². The van der Waals surface area contributed by atoms with E-state index in [9.17, 15) is 15.0 Å². The third-order valence-electron chi connectivity index (χ3n) is 6.66. The average molecular weight is 280 g/mol. The molecular formula is C15H20O5. The van der Waals surface area contributed by atoms with Crippen LogP contribution in [0.3, 0.4) is 0 Å². The van der Waals surface area contributed by atoms with Gasteiger partial charge in [0.05, 0.1) is 18.8 Å². The molecule has 4 aliphatic rings. The Morgan fingerprint density at radius 3 is 2.80 bits per heavy atom. The predicted molar refractivity (Wildman–Crippen MR) is 68.7 cm³/mol. The van der Waals surface area contributed by atoms with Crippen LogP contribution >= 0.6 is 0 Å². The van der Waals surface area contributed by atoms with Gasteiger partial charge in [0.2, 0.25) is 0 Å². The molecule has 2 aliphatic heterocycles. The van der Waals surface area contributed by atoms with Crippen LogP contribution in [0.25, 0.3) is 0 Å². The van der Waals surface area contributed by atoms with E-state index in [2.05, 4.69) is 0 Å². The van der Waals surface area contributed by atoms with Gasteiger partial charge in [0.25, 0.3) is 0 Å². The molecule has 0 aromatic rings. The first-order valence-corrected chi connectivity index (χ1v) is 7.16. The highest BCUT2D eigenvalue weighted by molar-refractivity contribution is 5.97. The summed E-state index contributed by atoms with van der Waals surface area (Å²) in [4.78, 5) is 12.2. The van der Waals surface area contributed by atoms with Crippen LogP contribution in [0.15, 0.2) is 11.6 Å². The van der Waals surface area contributed by atoms with Crippen LogP contribution < -0.4 is 0 Å². The van der Waals surface area contributed by atoms with Gasteiger partial charge >= 0.3 is 0 Å². The van der Waals surface area contributed by atoms with Crippen molar-refractivity contribution < 1.29 is 24.5 Å². The third-order valence-corrected chi connectivity index (χ3v) is 6.66. The second kappa shape index (κ2) is 3.19. The van der Waals surface area contributed by atoms with Crippen LogP contribution in [0.5, 0.6) is 0 Å². The number of aliphatic hydroxyl groups excluding tert-OH is 2. The van der Waals surface area contributed by atoms with Gasteiger partial charge in [-0.15, -0.1) is 0 Å². The number of ketones is 1. The van der Waals surface area contributed by atoms with Gasteiger partial charge in [-0.05, 0) is 18.6 Å². The fourth-order valence-electron chi connectivity index (χ4n) is 5.16. The van der Waals surface area contributed by atoms with Crippen LogP contribution in [0.1, 0.15) is 33.6 Å². The number of fused-ring (bicyclic) bond motifs is 1. The van der Waals surface area contributed by atoms with Crippen LogP contribution in [0, 0.1) is 10.8 Å². The average Bonchev–Trinajstić information content (AvgIpc) is 2.84. The third kappa shape index (κ3) is 0.923. The molecule has 0 unspecified atom stereocenters. The van der Waals surface area contributed by atoms with Crippen molar-refractivity contribution in [1.82, 2.24) is 0 Å². The van der Waals surface area contributed by atoms with E-state index in [4.69, 9.17) is 9.47 Å². The molecule has 2 bridgehead atoms. The summed E-state index contributed by atoms with van der Waals surface area (Å²) in [5, 5.41) is 20.6. The molecule has 2 heterocycles. The first-order chi connectivity index (χ1) is 9.26. The zero-order valence-corrected chi connectivity index (χ0v) is 12.0. The Hall–Kier alpha value is -0.750. The normalized spacial score (nSPS) is 59.9. The van der Waals surface area contributed by atoms with Crippen molar-refractivity contribution in [2.45, 2.75) is 57.2 Å². The summed E-state index contributed by atoms with van der Waals surface area (Å²) in [5.74, 6) is -0.937. The fraction of sp³-hybridized carbons (Fsp3) is 0.800. The second-order valence-electron chi connectivity index (χ2n) is 7.14. The van der Waals surface area contributed by atoms with Gasteiger partial charge in [-0.3, -0.25) is 4.79 Å². The highest BCUT2D eigenvalue weighted by Gasteiger charge is 2.87. The lowest BCUT2D eigenvalue weighted by atomic mass is 9.52. The number of allylic oxidation sites excluding steroid dienone is 1. The standard InChI is InChI=1S/C15H20O5/c1-8-5-15-12(2,6-9(8)17)13(3)10(18)4-11(19-15)14(13,7-16)20-15/h5,10-11,16,18H,4,6-7H2,1-3H3/t10-,11-,12-,13+,14-,15-/m1/s1. The molecule has 0 aromatic heterocycles. The molecule has 0 amide bonds. The van der Waals surface area contributed by atoms with E-state index in [0.717, 1.165) is 0 Å². The van der Waals surface area contributed by atoms with Gasteiger partial charge in [0.15, 0.2) is 11.6 Å². The van der Waals surface area contributed by atoms with E-state index in [1.807, 2.05) is 13.8 Å². The molecule has 20 heavy (non-hydrogen) atoms. The summed E-state index contributed by atoms with van der Waals surface area (Å²) in [7, 11) is 0. The molecule has 3 fully saturated rings. The number of hydrogen-bond donors (Lipinski definition) is 2. The Balaban J connectivity index is 2.01. The van der Waals surface area contributed by atoms with Crippen molar-refractivity contribution in [3.63, 3.8) is 0 Å². The number of ether oxygens (including phenoxy) is 2. The molecule has 5 nitrogen and oxygen atoms in total. The topological polar surface area (TPSA) is 76.0 Å². The van der Waals surface area contributed by atoms with Crippen molar-refractivity contribution in [2.75, 3.05) is 6.61 Å². The molecule has 6 atom stereocenters. The van der Waals surface area contributed by atoms with E-state index in [-0.39, 0.29) is 24.9 Å². The van der Waals surface area contributed by atoms with Crippen LogP contribution in [-0.4, -0.2) is 46.2 Å². The highest BCUT2D eigenvalue weighted by Crippen LogP contribution is 2.77.